The lowest BCUT2D eigenvalue weighted by Gasteiger charge is -2.38. The van der Waals surface area contributed by atoms with Crippen molar-refractivity contribution in [1.29, 1.82) is 0 Å². The van der Waals surface area contributed by atoms with Crippen LogP contribution in [0.3, 0.4) is 0 Å². The number of nitrogens with zero attached hydrogens (tertiary/aromatic N) is 4. The highest BCUT2D eigenvalue weighted by atomic mass is 32.1. The Morgan fingerprint density at radius 2 is 1.95 bits per heavy atom. The van der Waals surface area contributed by atoms with Crippen molar-refractivity contribution in [3.8, 4) is 0 Å². The van der Waals surface area contributed by atoms with Crippen LogP contribution < -0.4 is 16.2 Å². The van der Waals surface area contributed by atoms with Gasteiger partial charge in [0.2, 0.25) is 11.8 Å². The molecule has 0 bridgehead atoms. The lowest BCUT2D eigenvalue weighted by Crippen LogP contribution is -2.51. The van der Waals surface area contributed by atoms with E-state index in [2.05, 4.69) is 20.6 Å². The van der Waals surface area contributed by atoms with Crippen LogP contribution in [0.2, 0.25) is 0 Å². The number of thiophene rings is 1. The van der Waals surface area contributed by atoms with Crippen molar-refractivity contribution in [3.63, 3.8) is 0 Å². The molecule has 3 aromatic heterocycles. The molecule has 2 N–H and O–H groups in total. The Bertz CT molecular complexity index is 1550. The summed E-state index contributed by atoms with van der Waals surface area (Å²) in [6, 6.07) is 1.61. The van der Waals surface area contributed by atoms with Gasteiger partial charge in [-0.2, -0.15) is 0 Å². The number of halogens is 2. The van der Waals surface area contributed by atoms with E-state index >= 15 is 0 Å². The van der Waals surface area contributed by atoms with Gasteiger partial charge in [0.25, 0.3) is 11.5 Å². The summed E-state index contributed by atoms with van der Waals surface area (Å²) >= 11 is 1.53. The first-order chi connectivity index (χ1) is 18.0. The summed E-state index contributed by atoms with van der Waals surface area (Å²) in [5.41, 5.74) is 0.461. The van der Waals surface area contributed by atoms with Crippen LogP contribution in [0.5, 0.6) is 0 Å². The van der Waals surface area contributed by atoms with Gasteiger partial charge in [-0.1, -0.05) is 0 Å². The molecule has 3 aromatic rings. The van der Waals surface area contributed by atoms with Crippen molar-refractivity contribution in [3.05, 3.63) is 44.4 Å². The van der Waals surface area contributed by atoms with Crippen LogP contribution in [0.15, 0.2) is 17.2 Å². The fourth-order valence-corrected chi connectivity index (χ4v) is 7.40. The topological polar surface area (TPSA) is 109 Å². The van der Waals surface area contributed by atoms with Gasteiger partial charge in [-0.15, -0.1) is 11.3 Å². The second-order valence-electron chi connectivity index (χ2n) is 10.8. The highest BCUT2D eigenvalue weighted by Crippen LogP contribution is 2.44. The van der Waals surface area contributed by atoms with E-state index in [4.69, 9.17) is 0 Å². The molecule has 0 saturated heterocycles. The molecule has 12 heteroatoms. The third-order valence-electron chi connectivity index (χ3n) is 8.08. The van der Waals surface area contributed by atoms with E-state index in [0.717, 1.165) is 20.7 Å². The predicted octanol–water partition coefficient (Wildman–Crippen LogP) is 3.70. The molecule has 0 unspecified atom stereocenters. The first-order valence-corrected chi connectivity index (χ1v) is 13.5. The predicted molar refractivity (Wildman–Crippen MR) is 139 cm³/mol. The van der Waals surface area contributed by atoms with Gasteiger partial charge in [-0.05, 0) is 56.2 Å². The maximum atomic E-state index is 14.0. The van der Waals surface area contributed by atoms with Crippen LogP contribution >= 0.6 is 11.3 Å². The third kappa shape index (κ3) is 3.79. The van der Waals surface area contributed by atoms with Crippen molar-refractivity contribution in [2.45, 2.75) is 63.5 Å². The van der Waals surface area contributed by atoms with Gasteiger partial charge >= 0.3 is 0 Å². The zero-order chi connectivity index (χ0) is 27.0. The molecule has 0 aromatic carbocycles. The minimum atomic E-state index is -2.81. The molecular weight excluding hydrogens is 514 g/mol. The molecule has 2 amide bonds. The summed E-state index contributed by atoms with van der Waals surface area (Å²) in [7, 11) is 3.53. The van der Waals surface area contributed by atoms with Gasteiger partial charge < -0.3 is 15.5 Å². The molecule has 1 fully saturated rings. The second kappa shape index (κ2) is 8.55. The normalized spacial score (nSPS) is 21.2. The van der Waals surface area contributed by atoms with Gasteiger partial charge in [0, 0.05) is 37.7 Å². The number of rotatable bonds is 3. The standard InChI is InChI=1S/C26H28F2N6O3S/c1-13-10-16(24(37)34-19(13)21(35)32-26(34)8-6-25(27,28)7-9-26)31-20-18-15-5-4-14(23(36)33(2)3)11-17(15)38-22(18)30-12-29-20/h10,12,14H,4-9,11H2,1-3H3,(H,32,35)(H,29,30,31)/t14-/m0/s1. The van der Waals surface area contributed by atoms with Crippen molar-refractivity contribution in [2.24, 2.45) is 5.92 Å². The Balaban J connectivity index is 1.40. The van der Waals surface area contributed by atoms with Gasteiger partial charge in [-0.25, -0.2) is 18.7 Å². The molecule has 1 atom stereocenters. The number of fused-ring (bicyclic) bond motifs is 5. The number of carbonyl (C=O) groups is 2. The molecular formula is C26H28F2N6O3S. The summed E-state index contributed by atoms with van der Waals surface area (Å²) in [6.07, 6.45) is 2.62. The lowest BCUT2D eigenvalue weighted by atomic mass is 9.86. The van der Waals surface area contributed by atoms with E-state index in [1.165, 1.54) is 22.2 Å². The van der Waals surface area contributed by atoms with E-state index < -0.39 is 35.9 Å². The summed E-state index contributed by atoms with van der Waals surface area (Å²) < 4.78 is 29.3. The Labute approximate surface area is 221 Å². The van der Waals surface area contributed by atoms with Crippen LogP contribution in [0.25, 0.3) is 10.2 Å². The zero-order valence-electron chi connectivity index (χ0n) is 21.4. The third-order valence-corrected chi connectivity index (χ3v) is 9.24. The SMILES string of the molecule is Cc1cc(Nc2ncnc3sc4c(c23)CC[C@H](C(=O)N(C)C)C4)c(=O)n2c1C(=O)NC21CCC(F)(F)CC1. The van der Waals surface area contributed by atoms with E-state index in [9.17, 15) is 23.2 Å². The highest BCUT2D eigenvalue weighted by Gasteiger charge is 2.51. The molecule has 9 nitrogen and oxygen atoms in total. The Kier molecular flexibility index (Phi) is 5.60. The first kappa shape index (κ1) is 24.9. The number of hydrogen-bond acceptors (Lipinski definition) is 7. The van der Waals surface area contributed by atoms with Crippen LogP contribution in [0.4, 0.5) is 20.3 Å². The molecule has 38 heavy (non-hydrogen) atoms. The number of amides is 2. The van der Waals surface area contributed by atoms with Crippen LogP contribution in [-0.4, -0.2) is 51.3 Å². The maximum Gasteiger partial charge on any atom is 0.276 e. The fraction of sp³-hybridized carbons (Fsp3) is 0.500. The van der Waals surface area contributed by atoms with Crippen molar-refractivity contribution in [2.75, 3.05) is 19.4 Å². The Morgan fingerprint density at radius 3 is 2.66 bits per heavy atom. The molecule has 1 spiro atoms. The number of anilines is 2. The molecule has 3 aliphatic rings. The highest BCUT2D eigenvalue weighted by molar-refractivity contribution is 7.19. The summed E-state index contributed by atoms with van der Waals surface area (Å²) in [6.45, 7) is 1.73. The maximum absolute atomic E-state index is 14.0. The summed E-state index contributed by atoms with van der Waals surface area (Å²) in [4.78, 5) is 51.6. The quantitative estimate of drug-likeness (QED) is 0.523. The molecule has 2 aliphatic carbocycles. The molecule has 200 valence electrons. The van der Waals surface area contributed by atoms with Crippen molar-refractivity contribution in [1.82, 2.24) is 24.8 Å². The van der Waals surface area contributed by atoms with Gasteiger partial charge in [-0.3, -0.25) is 19.0 Å². The average molecular weight is 543 g/mol. The minimum absolute atomic E-state index is 0.0236. The van der Waals surface area contributed by atoms with Gasteiger partial charge in [0.1, 0.15) is 34.0 Å². The first-order valence-electron chi connectivity index (χ1n) is 12.7. The van der Waals surface area contributed by atoms with Crippen LogP contribution in [0.1, 0.15) is 58.6 Å². The second-order valence-corrected chi connectivity index (χ2v) is 11.9. The van der Waals surface area contributed by atoms with E-state index in [-0.39, 0.29) is 36.0 Å². The largest absolute Gasteiger partial charge is 0.349 e. The number of alkyl halides is 2. The smallest absolute Gasteiger partial charge is 0.276 e. The summed E-state index contributed by atoms with van der Waals surface area (Å²) in [5, 5.41) is 6.85. The summed E-state index contributed by atoms with van der Waals surface area (Å²) in [5.74, 6) is -2.73. The minimum Gasteiger partial charge on any atom is -0.349 e. The van der Waals surface area contributed by atoms with Gasteiger partial charge in [0.05, 0.1) is 5.39 Å². The monoisotopic (exact) mass is 542 g/mol. The average Bonchev–Trinajstić information content (AvgIpc) is 3.39. The Hall–Kier alpha value is -3.41. The van der Waals surface area contributed by atoms with Crippen molar-refractivity contribution < 1.29 is 18.4 Å². The fourth-order valence-electron chi connectivity index (χ4n) is 6.14. The number of aromatic nitrogens is 3. The van der Waals surface area contributed by atoms with Crippen molar-refractivity contribution >= 4 is 44.9 Å². The van der Waals surface area contributed by atoms with E-state index in [1.54, 1.807) is 32.0 Å². The number of nitrogens with one attached hydrogen (secondary N) is 2. The molecule has 1 aliphatic heterocycles. The number of hydrogen-bond donors (Lipinski definition) is 2. The molecule has 0 radical (unpaired) electrons. The lowest BCUT2D eigenvalue weighted by molar-refractivity contribution is -0.133. The molecule has 4 heterocycles. The van der Waals surface area contributed by atoms with Gasteiger partial charge in [0.15, 0.2) is 0 Å². The zero-order valence-corrected chi connectivity index (χ0v) is 22.2. The van der Waals surface area contributed by atoms with Crippen LogP contribution in [-0.2, 0) is 23.3 Å². The number of aryl methyl sites for hydroxylation is 2. The molecule has 6 rings (SSSR count). The number of pyridine rings is 1. The van der Waals surface area contributed by atoms with E-state index in [0.29, 0.717) is 30.6 Å². The Morgan fingerprint density at radius 1 is 1.21 bits per heavy atom. The van der Waals surface area contributed by atoms with E-state index in [1.807, 2.05) is 0 Å². The number of carbonyl (C=O) groups excluding carboxylic acids is 2. The van der Waals surface area contributed by atoms with Crippen LogP contribution in [0, 0.1) is 12.8 Å². The molecule has 1 saturated carbocycles.